The van der Waals surface area contributed by atoms with E-state index in [1.165, 1.54) is 0 Å². The van der Waals surface area contributed by atoms with Crippen molar-refractivity contribution in [1.82, 2.24) is 0 Å². The number of hydrogen-bond donors (Lipinski definition) is 0. The maximum atomic E-state index is 11.9. The first-order chi connectivity index (χ1) is 9.24. The molecule has 1 saturated carbocycles. The van der Waals surface area contributed by atoms with E-state index in [-0.39, 0.29) is 11.8 Å². The van der Waals surface area contributed by atoms with Gasteiger partial charge in [-0.3, -0.25) is 14.4 Å². The van der Waals surface area contributed by atoms with E-state index in [0.29, 0.717) is 5.92 Å². The first kappa shape index (κ1) is 14.8. The minimum atomic E-state index is -0.837. The number of ether oxygens (including phenoxy) is 2. The van der Waals surface area contributed by atoms with Gasteiger partial charge >= 0.3 is 17.9 Å². The molecule has 2 rings (SSSR count). The van der Waals surface area contributed by atoms with E-state index in [2.05, 4.69) is 6.08 Å². The summed E-state index contributed by atoms with van der Waals surface area (Å²) >= 11 is 0. The van der Waals surface area contributed by atoms with Crippen LogP contribution in [-0.2, 0) is 23.9 Å². The average molecular weight is 280 g/mol. The highest BCUT2D eigenvalue weighted by molar-refractivity contribution is 5.96. The van der Waals surface area contributed by atoms with E-state index in [1.54, 1.807) is 20.8 Å². The Morgan fingerprint density at radius 1 is 1.10 bits per heavy atom. The summed E-state index contributed by atoms with van der Waals surface area (Å²) in [7, 11) is 0. The second-order valence-electron chi connectivity index (χ2n) is 6.44. The number of rotatable bonds is 3. The maximum absolute atomic E-state index is 11.9. The fourth-order valence-electron chi connectivity index (χ4n) is 2.77. The van der Waals surface area contributed by atoms with Crippen LogP contribution < -0.4 is 0 Å². The van der Waals surface area contributed by atoms with Gasteiger partial charge in [-0.05, 0) is 45.4 Å². The van der Waals surface area contributed by atoms with Crippen molar-refractivity contribution in [1.29, 1.82) is 0 Å². The Balaban J connectivity index is 1.79. The minimum absolute atomic E-state index is 0.182. The van der Waals surface area contributed by atoms with E-state index in [0.717, 1.165) is 12.8 Å². The van der Waals surface area contributed by atoms with Gasteiger partial charge < -0.3 is 9.47 Å². The van der Waals surface area contributed by atoms with Crippen molar-refractivity contribution < 1.29 is 23.9 Å². The molecule has 0 aromatic heterocycles. The van der Waals surface area contributed by atoms with Crippen molar-refractivity contribution in [2.45, 2.75) is 45.6 Å². The van der Waals surface area contributed by atoms with Gasteiger partial charge in [-0.25, -0.2) is 0 Å². The van der Waals surface area contributed by atoms with Crippen LogP contribution in [0.2, 0.25) is 0 Å². The number of carbonyl (C=O) groups is 3. The summed E-state index contributed by atoms with van der Waals surface area (Å²) in [6.45, 7) is 5.13. The molecule has 110 valence electrons. The van der Waals surface area contributed by atoms with Gasteiger partial charge in [0.2, 0.25) is 0 Å². The van der Waals surface area contributed by atoms with Crippen LogP contribution in [0.25, 0.3) is 0 Å². The summed E-state index contributed by atoms with van der Waals surface area (Å²) in [4.78, 5) is 34.9. The zero-order chi connectivity index (χ0) is 14.9. The van der Waals surface area contributed by atoms with Gasteiger partial charge in [0.25, 0.3) is 0 Å². The molecule has 0 spiro atoms. The summed E-state index contributed by atoms with van der Waals surface area (Å²) in [5.74, 6) is -1.66. The molecule has 20 heavy (non-hydrogen) atoms. The minimum Gasteiger partial charge on any atom is -0.460 e. The Hall–Kier alpha value is -1.65. The highest BCUT2D eigenvalue weighted by Gasteiger charge is 2.41. The number of carbonyl (C=O) groups excluding carboxylic acids is 3. The number of hydrogen-bond acceptors (Lipinski definition) is 5. The first-order valence-corrected chi connectivity index (χ1v) is 6.89. The fourth-order valence-corrected chi connectivity index (χ4v) is 2.77. The number of allylic oxidation sites excluding steroid dienone is 2. The molecule has 0 N–H and O–H groups in total. The molecule has 2 bridgehead atoms. The van der Waals surface area contributed by atoms with Crippen LogP contribution >= 0.6 is 0 Å². The Morgan fingerprint density at radius 3 is 2.30 bits per heavy atom. The standard InChI is InChI=1S/C15H20O5/c1-15(2,3)20-13(17)8-12(16)19-14(18)11-7-9-4-5-10(11)6-9/h4-5,9-11H,6-8H2,1-3H3. The van der Waals surface area contributed by atoms with Crippen molar-refractivity contribution in [2.75, 3.05) is 0 Å². The zero-order valence-electron chi connectivity index (χ0n) is 12.0. The Labute approximate surface area is 118 Å². The molecule has 3 unspecified atom stereocenters. The lowest BCUT2D eigenvalue weighted by molar-refractivity contribution is -0.168. The molecule has 0 aromatic carbocycles. The van der Waals surface area contributed by atoms with Crippen molar-refractivity contribution in [3.8, 4) is 0 Å². The smallest absolute Gasteiger partial charge is 0.324 e. The van der Waals surface area contributed by atoms with Crippen molar-refractivity contribution in [3.05, 3.63) is 12.2 Å². The third kappa shape index (κ3) is 3.68. The van der Waals surface area contributed by atoms with E-state index < -0.39 is 29.9 Å². The Morgan fingerprint density at radius 2 is 1.80 bits per heavy atom. The average Bonchev–Trinajstić information content (AvgIpc) is 2.86. The molecule has 0 amide bonds. The molecule has 5 nitrogen and oxygen atoms in total. The Bertz CT molecular complexity index is 457. The molecule has 2 aliphatic carbocycles. The second kappa shape index (κ2) is 5.38. The van der Waals surface area contributed by atoms with Gasteiger partial charge in [0, 0.05) is 0 Å². The quantitative estimate of drug-likeness (QED) is 0.449. The van der Waals surface area contributed by atoms with E-state index in [4.69, 9.17) is 9.47 Å². The van der Waals surface area contributed by atoms with Gasteiger partial charge in [0.05, 0.1) is 5.92 Å². The van der Waals surface area contributed by atoms with Crippen LogP contribution in [0.4, 0.5) is 0 Å². The Kier molecular flexibility index (Phi) is 3.97. The van der Waals surface area contributed by atoms with Crippen LogP contribution in [-0.4, -0.2) is 23.5 Å². The predicted molar refractivity (Wildman–Crippen MR) is 70.4 cm³/mol. The molecule has 3 atom stereocenters. The van der Waals surface area contributed by atoms with Crippen LogP contribution in [0.5, 0.6) is 0 Å². The van der Waals surface area contributed by atoms with E-state index in [9.17, 15) is 14.4 Å². The monoisotopic (exact) mass is 280 g/mol. The van der Waals surface area contributed by atoms with Gasteiger partial charge in [-0.15, -0.1) is 0 Å². The largest absolute Gasteiger partial charge is 0.460 e. The summed E-state index contributed by atoms with van der Waals surface area (Å²) in [5.41, 5.74) is -0.656. The predicted octanol–water partition coefficient (Wildman–Crippen LogP) is 2.00. The molecule has 5 heteroatoms. The SMILES string of the molecule is CC(C)(C)OC(=O)CC(=O)OC(=O)C1CC2C=CC1C2. The lowest BCUT2D eigenvalue weighted by atomic mass is 9.94. The molecule has 0 heterocycles. The maximum Gasteiger partial charge on any atom is 0.324 e. The number of fused-ring (bicyclic) bond motifs is 2. The lowest BCUT2D eigenvalue weighted by Crippen LogP contribution is -2.28. The second-order valence-corrected chi connectivity index (χ2v) is 6.44. The molecule has 0 radical (unpaired) electrons. The molecule has 2 aliphatic rings. The van der Waals surface area contributed by atoms with Crippen LogP contribution in [0.15, 0.2) is 12.2 Å². The van der Waals surface area contributed by atoms with E-state index in [1.807, 2.05) is 6.08 Å². The van der Waals surface area contributed by atoms with Gasteiger partial charge in [-0.1, -0.05) is 12.2 Å². The third-order valence-electron chi connectivity index (χ3n) is 3.50. The summed E-state index contributed by atoms with van der Waals surface area (Å²) < 4.78 is 9.76. The molecular weight excluding hydrogens is 260 g/mol. The topological polar surface area (TPSA) is 69.7 Å². The highest BCUT2D eigenvalue weighted by Crippen LogP contribution is 2.43. The van der Waals surface area contributed by atoms with E-state index >= 15 is 0 Å². The molecule has 1 fully saturated rings. The molecule has 0 aromatic rings. The molecule has 0 aliphatic heterocycles. The number of esters is 3. The van der Waals surface area contributed by atoms with Crippen LogP contribution in [0.1, 0.15) is 40.0 Å². The third-order valence-corrected chi connectivity index (χ3v) is 3.50. The van der Waals surface area contributed by atoms with Crippen LogP contribution in [0, 0.1) is 17.8 Å². The van der Waals surface area contributed by atoms with Gasteiger partial charge in [-0.2, -0.15) is 0 Å². The first-order valence-electron chi connectivity index (χ1n) is 6.89. The van der Waals surface area contributed by atoms with Crippen molar-refractivity contribution in [3.63, 3.8) is 0 Å². The summed E-state index contributed by atoms with van der Waals surface area (Å²) in [6, 6.07) is 0. The zero-order valence-corrected chi connectivity index (χ0v) is 12.0. The van der Waals surface area contributed by atoms with Gasteiger partial charge in [0.15, 0.2) is 0 Å². The van der Waals surface area contributed by atoms with Crippen molar-refractivity contribution in [2.24, 2.45) is 17.8 Å². The normalized spacial score (nSPS) is 27.4. The highest BCUT2D eigenvalue weighted by atomic mass is 16.6. The summed E-state index contributed by atoms with van der Waals surface area (Å²) in [6.07, 6.45) is 5.29. The summed E-state index contributed by atoms with van der Waals surface area (Å²) in [5, 5.41) is 0. The van der Waals surface area contributed by atoms with Crippen LogP contribution in [0.3, 0.4) is 0 Å². The van der Waals surface area contributed by atoms with Crippen molar-refractivity contribution >= 4 is 17.9 Å². The molecule has 0 saturated heterocycles. The lowest BCUT2D eigenvalue weighted by Gasteiger charge is -2.19. The fraction of sp³-hybridized carbons (Fsp3) is 0.667. The molecular formula is C15H20O5. The van der Waals surface area contributed by atoms with Gasteiger partial charge in [0.1, 0.15) is 12.0 Å².